The molecule has 8 nitrogen and oxygen atoms in total. The Hall–Kier alpha value is -3.08. The van der Waals surface area contributed by atoms with E-state index in [1.54, 1.807) is 55.7 Å². The highest BCUT2D eigenvalue weighted by Gasteiger charge is 2.31. The molecule has 0 radical (unpaired) electrons. The van der Waals surface area contributed by atoms with Crippen LogP contribution in [0.25, 0.3) is 0 Å². The Bertz CT molecular complexity index is 1200. The van der Waals surface area contributed by atoms with Crippen LogP contribution in [0.2, 0.25) is 0 Å². The van der Waals surface area contributed by atoms with Gasteiger partial charge in [0.1, 0.15) is 11.6 Å². The second kappa shape index (κ2) is 10.5. The van der Waals surface area contributed by atoms with Crippen molar-refractivity contribution < 1.29 is 12.8 Å². The van der Waals surface area contributed by atoms with E-state index in [-0.39, 0.29) is 16.8 Å². The normalized spacial score (nSPS) is 18.6. The van der Waals surface area contributed by atoms with Crippen molar-refractivity contribution in [2.24, 2.45) is 0 Å². The molecule has 1 aromatic heterocycles. The van der Waals surface area contributed by atoms with E-state index in [1.165, 1.54) is 16.4 Å². The minimum Gasteiger partial charge on any atom is -0.340 e. The van der Waals surface area contributed by atoms with Gasteiger partial charge in [0.25, 0.3) is 0 Å². The Balaban J connectivity index is 1.41. The number of hydrogen-bond donors (Lipinski definition) is 3. The Morgan fingerprint density at radius 1 is 0.912 bits per heavy atom. The zero-order valence-electron chi connectivity index (χ0n) is 19.2. The number of sulfonamides is 1. The summed E-state index contributed by atoms with van der Waals surface area (Å²) in [6, 6.07) is 14.7. The maximum atomic E-state index is 13.1. The Morgan fingerprint density at radius 2 is 1.53 bits per heavy atom. The standard InChI is InChI=1S/C24H29FN6O2S/c1-26-18-7-11-21(12-8-18)31(2)34(32,33)22-13-9-20(10-14-22)29-24-27-16-15-23(30-24)28-19-5-3-17(25)4-6-19/h3-6,9-10,13-16,18,21,26H,7-8,11-12H2,1-2H3,(H2,27,28,29,30)/t18-,21+. The van der Waals surface area contributed by atoms with Gasteiger partial charge in [-0.1, -0.05) is 0 Å². The van der Waals surface area contributed by atoms with Crippen LogP contribution in [0.1, 0.15) is 25.7 Å². The van der Waals surface area contributed by atoms with Gasteiger partial charge < -0.3 is 16.0 Å². The summed E-state index contributed by atoms with van der Waals surface area (Å²) in [7, 11) is 0.0352. The summed E-state index contributed by atoms with van der Waals surface area (Å²) in [5, 5.41) is 9.45. The van der Waals surface area contributed by atoms with Gasteiger partial charge in [-0.3, -0.25) is 0 Å². The third-order valence-corrected chi connectivity index (χ3v) is 8.10. The highest BCUT2D eigenvalue weighted by Crippen LogP contribution is 2.27. The lowest BCUT2D eigenvalue weighted by Crippen LogP contribution is -2.42. The first kappa shape index (κ1) is 24.1. The molecule has 1 saturated carbocycles. The van der Waals surface area contributed by atoms with Gasteiger partial charge in [-0.05, 0) is 87.3 Å². The molecule has 3 N–H and O–H groups in total. The van der Waals surface area contributed by atoms with Crippen molar-refractivity contribution in [3.8, 4) is 0 Å². The smallest absolute Gasteiger partial charge is 0.243 e. The third kappa shape index (κ3) is 5.69. The van der Waals surface area contributed by atoms with Crippen LogP contribution >= 0.6 is 0 Å². The predicted molar refractivity (Wildman–Crippen MR) is 131 cm³/mol. The Morgan fingerprint density at radius 3 is 2.18 bits per heavy atom. The maximum absolute atomic E-state index is 13.1. The molecular formula is C24H29FN6O2S. The number of anilines is 4. The molecule has 1 aliphatic carbocycles. The molecule has 1 heterocycles. The molecule has 4 rings (SSSR count). The molecule has 0 aliphatic heterocycles. The van der Waals surface area contributed by atoms with Crippen LogP contribution in [0, 0.1) is 5.82 Å². The van der Waals surface area contributed by atoms with E-state index >= 15 is 0 Å². The quantitative estimate of drug-likeness (QED) is 0.439. The summed E-state index contributed by atoms with van der Waals surface area (Å²) in [4.78, 5) is 8.86. The number of halogens is 1. The lowest BCUT2D eigenvalue weighted by Gasteiger charge is -2.33. The van der Waals surface area contributed by atoms with Crippen LogP contribution in [0.5, 0.6) is 0 Å². The van der Waals surface area contributed by atoms with Gasteiger partial charge in [-0.2, -0.15) is 9.29 Å². The van der Waals surface area contributed by atoms with Gasteiger partial charge in [0.05, 0.1) is 4.90 Å². The molecule has 1 fully saturated rings. The van der Waals surface area contributed by atoms with Crippen LogP contribution in [-0.2, 0) is 10.0 Å². The maximum Gasteiger partial charge on any atom is 0.243 e. The highest BCUT2D eigenvalue weighted by molar-refractivity contribution is 7.89. The lowest BCUT2D eigenvalue weighted by atomic mass is 9.91. The van der Waals surface area contributed by atoms with Crippen molar-refractivity contribution in [2.45, 2.75) is 42.7 Å². The fourth-order valence-electron chi connectivity index (χ4n) is 4.10. The Labute approximate surface area is 199 Å². The predicted octanol–water partition coefficient (Wildman–Crippen LogP) is 4.25. The SMILES string of the molecule is CN[C@H]1CC[C@@H](N(C)S(=O)(=O)c2ccc(Nc3nccc(Nc4ccc(F)cc4)n3)cc2)CC1. The van der Waals surface area contributed by atoms with Crippen molar-refractivity contribution in [1.82, 2.24) is 19.6 Å². The van der Waals surface area contributed by atoms with E-state index in [4.69, 9.17) is 0 Å². The molecule has 0 saturated heterocycles. The molecule has 180 valence electrons. The van der Waals surface area contributed by atoms with Crippen molar-refractivity contribution in [2.75, 3.05) is 24.7 Å². The average molecular weight is 485 g/mol. The van der Waals surface area contributed by atoms with Crippen molar-refractivity contribution in [1.29, 1.82) is 0 Å². The number of nitrogens with zero attached hydrogens (tertiary/aromatic N) is 3. The summed E-state index contributed by atoms with van der Waals surface area (Å²) in [5.41, 5.74) is 1.36. The van der Waals surface area contributed by atoms with E-state index in [2.05, 4.69) is 25.9 Å². The number of rotatable bonds is 8. The van der Waals surface area contributed by atoms with Gasteiger partial charge in [-0.15, -0.1) is 0 Å². The number of benzene rings is 2. The molecular weight excluding hydrogens is 455 g/mol. The molecule has 1 aliphatic rings. The minimum atomic E-state index is -3.58. The van der Waals surface area contributed by atoms with Gasteiger partial charge in [0.15, 0.2) is 0 Å². The molecule has 0 atom stereocenters. The van der Waals surface area contributed by atoms with Crippen LogP contribution < -0.4 is 16.0 Å². The highest BCUT2D eigenvalue weighted by atomic mass is 32.2. The second-order valence-electron chi connectivity index (χ2n) is 8.36. The monoisotopic (exact) mass is 484 g/mol. The summed E-state index contributed by atoms with van der Waals surface area (Å²) in [6.07, 6.45) is 5.23. The van der Waals surface area contributed by atoms with E-state index in [0.29, 0.717) is 29.2 Å². The third-order valence-electron chi connectivity index (χ3n) is 6.18. The summed E-state index contributed by atoms with van der Waals surface area (Å²) >= 11 is 0. The molecule has 0 unspecified atom stereocenters. The largest absolute Gasteiger partial charge is 0.340 e. The molecule has 0 amide bonds. The minimum absolute atomic E-state index is 0.0112. The van der Waals surface area contributed by atoms with Crippen LogP contribution in [0.4, 0.5) is 27.5 Å². The van der Waals surface area contributed by atoms with Crippen LogP contribution in [-0.4, -0.2) is 48.9 Å². The fourth-order valence-corrected chi connectivity index (χ4v) is 5.52. The summed E-state index contributed by atoms with van der Waals surface area (Å²) < 4.78 is 40.9. The number of aromatic nitrogens is 2. The van der Waals surface area contributed by atoms with E-state index < -0.39 is 10.0 Å². The average Bonchev–Trinajstić information content (AvgIpc) is 2.85. The number of hydrogen-bond acceptors (Lipinski definition) is 7. The van der Waals surface area contributed by atoms with Gasteiger partial charge >= 0.3 is 0 Å². The fraction of sp³-hybridized carbons (Fsp3) is 0.333. The van der Waals surface area contributed by atoms with Crippen LogP contribution in [0.3, 0.4) is 0 Å². The van der Waals surface area contributed by atoms with E-state index in [9.17, 15) is 12.8 Å². The topological polar surface area (TPSA) is 99.3 Å². The van der Waals surface area contributed by atoms with Gasteiger partial charge in [0, 0.05) is 36.7 Å². The molecule has 2 aromatic carbocycles. The molecule has 34 heavy (non-hydrogen) atoms. The van der Waals surface area contributed by atoms with Crippen molar-refractivity contribution in [3.63, 3.8) is 0 Å². The van der Waals surface area contributed by atoms with E-state index in [1.807, 2.05) is 7.05 Å². The molecule has 3 aromatic rings. The summed E-state index contributed by atoms with van der Waals surface area (Å²) in [6.45, 7) is 0. The number of nitrogens with one attached hydrogen (secondary N) is 3. The van der Waals surface area contributed by atoms with Crippen LogP contribution in [0.15, 0.2) is 65.7 Å². The van der Waals surface area contributed by atoms with Crippen molar-refractivity contribution in [3.05, 3.63) is 66.6 Å². The van der Waals surface area contributed by atoms with Gasteiger partial charge in [0.2, 0.25) is 16.0 Å². The van der Waals surface area contributed by atoms with E-state index in [0.717, 1.165) is 25.7 Å². The Kier molecular flexibility index (Phi) is 7.40. The molecule has 10 heteroatoms. The van der Waals surface area contributed by atoms with Crippen molar-refractivity contribution >= 4 is 33.2 Å². The first-order chi connectivity index (χ1) is 16.3. The van der Waals surface area contributed by atoms with Gasteiger partial charge in [-0.25, -0.2) is 17.8 Å². The first-order valence-corrected chi connectivity index (χ1v) is 12.7. The molecule has 0 spiro atoms. The molecule has 0 bridgehead atoms. The second-order valence-corrected chi connectivity index (χ2v) is 10.4. The lowest BCUT2D eigenvalue weighted by molar-refractivity contribution is 0.255. The zero-order valence-corrected chi connectivity index (χ0v) is 20.0. The zero-order chi connectivity index (χ0) is 24.1. The summed E-state index contributed by atoms with van der Waals surface area (Å²) in [5.74, 6) is 0.576. The first-order valence-electron chi connectivity index (χ1n) is 11.2.